The maximum Gasteiger partial charge on any atom is 0.273 e. The van der Waals surface area contributed by atoms with Crippen LogP contribution in [0.4, 0.5) is 0 Å². The second-order valence-corrected chi connectivity index (χ2v) is 7.32. The summed E-state index contributed by atoms with van der Waals surface area (Å²) in [7, 11) is 3.68. The molecular weight excluding hydrogens is 378 g/mol. The SMILES string of the molecule is COc1ccccc1Oc1ccc(C(=O)N2CCN(C)CC2c2ccccc2)nc1. The monoisotopic (exact) mass is 403 g/mol. The zero-order valence-corrected chi connectivity index (χ0v) is 17.2. The Labute approximate surface area is 176 Å². The van der Waals surface area contributed by atoms with Crippen LogP contribution in [0.1, 0.15) is 22.1 Å². The summed E-state index contributed by atoms with van der Waals surface area (Å²) in [5.41, 5.74) is 1.54. The Morgan fingerprint density at radius 2 is 1.70 bits per heavy atom. The number of ether oxygens (including phenoxy) is 2. The van der Waals surface area contributed by atoms with Crippen LogP contribution in [0.15, 0.2) is 72.9 Å². The predicted molar refractivity (Wildman–Crippen MR) is 115 cm³/mol. The highest BCUT2D eigenvalue weighted by Crippen LogP contribution is 2.31. The van der Waals surface area contributed by atoms with Gasteiger partial charge in [0.05, 0.1) is 19.3 Å². The molecule has 0 N–H and O–H groups in total. The Bertz CT molecular complexity index is 992. The number of benzene rings is 2. The lowest BCUT2D eigenvalue weighted by molar-refractivity contribution is 0.0492. The molecule has 3 aromatic rings. The summed E-state index contributed by atoms with van der Waals surface area (Å²) in [6.07, 6.45) is 1.58. The van der Waals surface area contributed by atoms with Gasteiger partial charge in [-0.2, -0.15) is 0 Å². The second-order valence-electron chi connectivity index (χ2n) is 7.32. The van der Waals surface area contributed by atoms with Crippen LogP contribution < -0.4 is 9.47 Å². The van der Waals surface area contributed by atoms with Gasteiger partial charge in [0.1, 0.15) is 11.4 Å². The predicted octanol–water partition coefficient (Wildman–Crippen LogP) is 4.01. The van der Waals surface area contributed by atoms with Gasteiger partial charge in [-0.15, -0.1) is 0 Å². The molecule has 154 valence electrons. The number of nitrogens with zero attached hydrogens (tertiary/aromatic N) is 3. The molecule has 1 aliphatic rings. The van der Waals surface area contributed by atoms with E-state index in [1.165, 1.54) is 0 Å². The molecule has 1 amide bonds. The van der Waals surface area contributed by atoms with Crippen molar-refractivity contribution < 1.29 is 14.3 Å². The molecule has 0 aliphatic carbocycles. The van der Waals surface area contributed by atoms with Gasteiger partial charge in [0, 0.05) is 19.6 Å². The average molecular weight is 403 g/mol. The highest BCUT2D eigenvalue weighted by Gasteiger charge is 2.31. The van der Waals surface area contributed by atoms with Gasteiger partial charge >= 0.3 is 0 Å². The quantitative estimate of drug-likeness (QED) is 0.644. The average Bonchev–Trinajstić information content (AvgIpc) is 2.80. The Morgan fingerprint density at radius 3 is 2.40 bits per heavy atom. The van der Waals surface area contributed by atoms with E-state index < -0.39 is 0 Å². The van der Waals surface area contributed by atoms with E-state index >= 15 is 0 Å². The number of amides is 1. The van der Waals surface area contributed by atoms with Gasteiger partial charge in [0.2, 0.25) is 0 Å². The highest BCUT2D eigenvalue weighted by molar-refractivity contribution is 5.92. The van der Waals surface area contributed by atoms with Crippen molar-refractivity contribution in [3.8, 4) is 17.2 Å². The third kappa shape index (κ3) is 4.28. The first-order valence-corrected chi connectivity index (χ1v) is 9.97. The lowest BCUT2D eigenvalue weighted by Gasteiger charge is -2.40. The lowest BCUT2D eigenvalue weighted by atomic mass is 10.0. The third-order valence-corrected chi connectivity index (χ3v) is 5.28. The zero-order chi connectivity index (χ0) is 20.9. The van der Waals surface area contributed by atoms with Gasteiger partial charge in [0.15, 0.2) is 11.5 Å². The van der Waals surface area contributed by atoms with Crippen LogP contribution >= 0.6 is 0 Å². The van der Waals surface area contributed by atoms with Gasteiger partial charge in [-0.25, -0.2) is 4.98 Å². The van der Waals surface area contributed by atoms with E-state index in [-0.39, 0.29) is 11.9 Å². The Kier molecular flexibility index (Phi) is 5.95. The number of methoxy groups -OCH3 is 1. The van der Waals surface area contributed by atoms with Crippen molar-refractivity contribution in [2.24, 2.45) is 0 Å². The van der Waals surface area contributed by atoms with Crippen LogP contribution in [0.5, 0.6) is 17.2 Å². The molecule has 0 saturated carbocycles. The molecule has 1 fully saturated rings. The fraction of sp³-hybridized carbons (Fsp3) is 0.250. The van der Waals surface area contributed by atoms with E-state index in [1.807, 2.05) is 47.4 Å². The summed E-state index contributed by atoms with van der Waals surface area (Å²) in [6, 6.07) is 21.0. The standard InChI is InChI=1S/C24H25N3O3/c1-26-14-15-27(21(17-26)18-8-4-3-5-9-18)24(28)20-13-12-19(16-25-20)30-23-11-7-6-10-22(23)29-2/h3-13,16,21H,14-15,17H2,1-2H3. The van der Waals surface area contributed by atoms with Crippen LogP contribution in [0, 0.1) is 0 Å². The smallest absolute Gasteiger partial charge is 0.273 e. The number of para-hydroxylation sites is 2. The summed E-state index contributed by atoms with van der Waals surface area (Å²) >= 11 is 0. The van der Waals surface area contributed by atoms with Crippen molar-refractivity contribution in [3.05, 3.63) is 84.2 Å². The number of carbonyl (C=O) groups excluding carboxylic acids is 1. The molecule has 4 rings (SSSR count). The maximum absolute atomic E-state index is 13.2. The van der Waals surface area contributed by atoms with Crippen LogP contribution in [0.2, 0.25) is 0 Å². The highest BCUT2D eigenvalue weighted by atomic mass is 16.5. The van der Waals surface area contributed by atoms with Crippen LogP contribution in [-0.4, -0.2) is 54.5 Å². The van der Waals surface area contributed by atoms with Crippen molar-refractivity contribution in [1.29, 1.82) is 0 Å². The molecule has 2 aromatic carbocycles. The molecule has 1 atom stereocenters. The van der Waals surface area contributed by atoms with Crippen molar-refractivity contribution >= 4 is 5.91 Å². The molecule has 0 radical (unpaired) electrons. The second kappa shape index (κ2) is 8.97. The molecule has 1 unspecified atom stereocenters. The van der Waals surface area contributed by atoms with E-state index in [2.05, 4.69) is 29.1 Å². The molecular formula is C24H25N3O3. The molecule has 0 spiro atoms. The summed E-state index contributed by atoms with van der Waals surface area (Å²) in [5.74, 6) is 1.72. The maximum atomic E-state index is 13.2. The number of piperazine rings is 1. The van der Waals surface area contributed by atoms with Gasteiger partial charge in [-0.1, -0.05) is 42.5 Å². The molecule has 2 heterocycles. The minimum absolute atomic E-state index is 0.00348. The number of likely N-dealkylation sites (N-methyl/N-ethyl adjacent to an activating group) is 1. The number of hydrogen-bond donors (Lipinski definition) is 0. The Balaban J connectivity index is 1.52. The summed E-state index contributed by atoms with van der Waals surface area (Å²) in [5, 5.41) is 0. The van der Waals surface area contributed by atoms with Crippen LogP contribution in [0.25, 0.3) is 0 Å². The van der Waals surface area contributed by atoms with Crippen molar-refractivity contribution in [3.63, 3.8) is 0 Å². The first-order chi connectivity index (χ1) is 14.7. The van der Waals surface area contributed by atoms with Gasteiger partial charge in [0.25, 0.3) is 5.91 Å². The molecule has 0 bridgehead atoms. The third-order valence-electron chi connectivity index (χ3n) is 5.28. The van der Waals surface area contributed by atoms with Crippen LogP contribution in [0.3, 0.4) is 0 Å². The topological polar surface area (TPSA) is 54.9 Å². The van der Waals surface area contributed by atoms with E-state index in [0.717, 1.165) is 18.7 Å². The first kappa shape index (κ1) is 19.9. The van der Waals surface area contributed by atoms with E-state index in [0.29, 0.717) is 29.5 Å². The van der Waals surface area contributed by atoms with Crippen molar-refractivity contribution in [1.82, 2.24) is 14.8 Å². The Hall–Kier alpha value is -3.38. The molecule has 1 saturated heterocycles. The van der Waals surface area contributed by atoms with E-state index in [1.54, 1.807) is 25.4 Å². The number of carbonyl (C=O) groups is 1. The minimum atomic E-state index is -0.0687. The molecule has 30 heavy (non-hydrogen) atoms. The number of hydrogen-bond acceptors (Lipinski definition) is 5. The molecule has 1 aromatic heterocycles. The summed E-state index contributed by atoms with van der Waals surface area (Å²) < 4.78 is 11.2. The Morgan fingerprint density at radius 1 is 0.967 bits per heavy atom. The van der Waals surface area contributed by atoms with Gasteiger partial charge < -0.3 is 19.3 Å². The van der Waals surface area contributed by atoms with Gasteiger partial charge in [-0.3, -0.25) is 4.79 Å². The largest absolute Gasteiger partial charge is 0.493 e. The molecule has 6 nitrogen and oxygen atoms in total. The first-order valence-electron chi connectivity index (χ1n) is 9.97. The fourth-order valence-corrected chi connectivity index (χ4v) is 3.67. The van der Waals surface area contributed by atoms with Gasteiger partial charge in [-0.05, 0) is 36.9 Å². The number of aromatic nitrogens is 1. The van der Waals surface area contributed by atoms with Crippen LogP contribution in [-0.2, 0) is 0 Å². The fourth-order valence-electron chi connectivity index (χ4n) is 3.67. The molecule has 6 heteroatoms. The van der Waals surface area contributed by atoms with Crippen molar-refractivity contribution in [2.75, 3.05) is 33.8 Å². The molecule has 1 aliphatic heterocycles. The lowest BCUT2D eigenvalue weighted by Crippen LogP contribution is -2.49. The number of pyridine rings is 1. The summed E-state index contributed by atoms with van der Waals surface area (Å²) in [4.78, 5) is 21.8. The number of rotatable bonds is 5. The van der Waals surface area contributed by atoms with E-state index in [9.17, 15) is 4.79 Å². The normalized spacial score (nSPS) is 16.9. The zero-order valence-electron chi connectivity index (χ0n) is 17.2. The van der Waals surface area contributed by atoms with Crippen molar-refractivity contribution in [2.45, 2.75) is 6.04 Å². The minimum Gasteiger partial charge on any atom is -0.493 e. The van der Waals surface area contributed by atoms with E-state index in [4.69, 9.17) is 9.47 Å². The summed E-state index contributed by atoms with van der Waals surface area (Å²) in [6.45, 7) is 2.30.